The lowest BCUT2D eigenvalue weighted by atomic mass is 9.99. The Labute approximate surface area is 110 Å². The van der Waals surface area contributed by atoms with Crippen LogP contribution in [-0.4, -0.2) is 29.9 Å². The van der Waals surface area contributed by atoms with E-state index in [2.05, 4.69) is 20.9 Å². The molecule has 3 nitrogen and oxygen atoms in total. The Bertz CT molecular complexity index is 355. The van der Waals surface area contributed by atoms with Gasteiger partial charge in [-0.1, -0.05) is 0 Å². The molecule has 2 heterocycles. The van der Waals surface area contributed by atoms with Gasteiger partial charge in [0, 0.05) is 35.5 Å². The van der Waals surface area contributed by atoms with Gasteiger partial charge in [-0.05, 0) is 53.2 Å². The molecule has 1 aromatic heterocycles. The summed E-state index contributed by atoms with van der Waals surface area (Å²) in [4.78, 5) is 4.08. The molecular weight excluding hydrogens is 282 g/mol. The zero-order valence-electron chi connectivity index (χ0n) is 9.86. The minimum absolute atomic E-state index is 0.0385. The van der Waals surface area contributed by atoms with Crippen LogP contribution in [0.15, 0.2) is 22.9 Å². The van der Waals surface area contributed by atoms with Gasteiger partial charge in [-0.15, -0.1) is 0 Å². The average molecular weight is 300 g/mol. The molecule has 0 amide bonds. The van der Waals surface area contributed by atoms with Crippen LogP contribution >= 0.6 is 15.9 Å². The fraction of sp³-hybridized carbons (Fsp3) is 0.615. The van der Waals surface area contributed by atoms with Crippen molar-refractivity contribution < 1.29 is 9.84 Å². The van der Waals surface area contributed by atoms with E-state index in [1.54, 1.807) is 6.20 Å². The standard InChI is InChI=1S/C9H10BrNO.C4H8O/c10-8-3-7(4-11-5-8)9(6-12)1-2-9;1-2-4-5-3-1/h3-5,12H,1-2,6H2;1-4H2. The molecule has 0 atom stereocenters. The molecule has 0 unspecified atom stereocenters. The molecule has 2 fully saturated rings. The fourth-order valence-corrected chi connectivity index (χ4v) is 2.27. The molecule has 2 aliphatic rings. The van der Waals surface area contributed by atoms with Crippen LogP contribution in [0.5, 0.6) is 0 Å². The van der Waals surface area contributed by atoms with E-state index in [4.69, 9.17) is 9.84 Å². The first kappa shape index (κ1) is 13.0. The normalized spacial score (nSPS) is 20.6. The molecular formula is C13H18BrNO2. The Morgan fingerprint density at radius 3 is 2.41 bits per heavy atom. The van der Waals surface area contributed by atoms with Crippen molar-refractivity contribution in [3.05, 3.63) is 28.5 Å². The van der Waals surface area contributed by atoms with Gasteiger partial charge in [0.15, 0.2) is 0 Å². The van der Waals surface area contributed by atoms with Gasteiger partial charge in [-0.3, -0.25) is 4.98 Å². The van der Waals surface area contributed by atoms with Crippen molar-refractivity contribution in [3.63, 3.8) is 0 Å². The largest absolute Gasteiger partial charge is 0.395 e. The van der Waals surface area contributed by atoms with Gasteiger partial charge in [0.25, 0.3) is 0 Å². The summed E-state index contributed by atoms with van der Waals surface area (Å²) in [6, 6.07) is 2.04. The highest BCUT2D eigenvalue weighted by molar-refractivity contribution is 9.10. The number of ether oxygens (including phenoxy) is 1. The topological polar surface area (TPSA) is 42.4 Å². The average Bonchev–Trinajstić information content (AvgIpc) is 2.91. The highest BCUT2D eigenvalue weighted by Gasteiger charge is 2.43. The molecule has 3 rings (SSSR count). The predicted octanol–water partition coefficient (Wildman–Crippen LogP) is 2.66. The van der Waals surface area contributed by atoms with Crippen molar-refractivity contribution >= 4 is 15.9 Å². The maximum atomic E-state index is 9.16. The Morgan fingerprint density at radius 2 is 2.00 bits per heavy atom. The van der Waals surface area contributed by atoms with E-state index < -0.39 is 0 Å². The van der Waals surface area contributed by atoms with Gasteiger partial charge in [-0.2, -0.15) is 0 Å². The maximum absolute atomic E-state index is 9.16. The lowest BCUT2D eigenvalue weighted by Crippen LogP contribution is -2.11. The number of hydrogen-bond donors (Lipinski definition) is 1. The van der Waals surface area contributed by atoms with E-state index in [9.17, 15) is 0 Å². The number of nitrogens with zero attached hydrogens (tertiary/aromatic N) is 1. The molecule has 0 radical (unpaired) electrons. The van der Waals surface area contributed by atoms with Crippen molar-refractivity contribution in [3.8, 4) is 0 Å². The SMILES string of the molecule is C1CCOC1.OCC1(c2cncc(Br)c2)CC1. The highest BCUT2D eigenvalue weighted by atomic mass is 79.9. The molecule has 0 aromatic carbocycles. The van der Waals surface area contributed by atoms with Crippen molar-refractivity contribution in [1.82, 2.24) is 4.98 Å². The van der Waals surface area contributed by atoms with Crippen molar-refractivity contribution in [1.29, 1.82) is 0 Å². The van der Waals surface area contributed by atoms with E-state index in [0.717, 1.165) is 36.1 Å². The van der Waals surface area contributed by atoms with Gasteiger partial charge in [-0.25, -0.2) is 0 Å². The second-order valence-electron chi connectivity index (χ2n) is 4.65. The van der Waals surface area contributed by atoms with E-state index in [-0.39, 0.29) is 12.0 Å². The first-order chi connectivity index (χ1) is 8.27. The quantitative estimate of drug-likeness (QED) is 0.913. The zero-order valence-corrected chi connectivity index (χ0v) is 11.4. The number of halogens is 1. The second kappa shape index (κ2) is 5.94. The van der Waals surface area contributed by atoms with E-state index in [1.165, 1.54) is 12.8 Å². The Hall–Kier alpha value is -0.450. The minimum Gasteiger partial charge on any atom is -0.395 e. The van der Waals surface area contributed by atoms with Crippen LogP contribution in [-0.2, 0) is 10.2 Å². The lowest BCUT2D eigenvalue weighted by Gasteiger charge is -2.10. The summed E-state index contributed by atoms with van der Waals surface area (Å²) in [5.41, 5.74) is 1.19. The molecule has 0 bridgehead atoms. The molecule has 1 saturated carbocycles. The summed E-state index contributed by atoms with van der Waals surface area (Å²) in [6.45, 7) is 2.24. The Balaban J connectivity index is 0.000000181. The van der Waals surface area contributed by atoms with Gasteiger partial charge in [0.2, 0.25) is 0 Å². The van der Waals surface area contributed by atoms with Crippen molar-refractivity contribution in [2.24, 2.45) is 0 Å². The zero-order chi connectivity index (χ0) is 12.1. The first-order valence-electron chi connectivity index (χ1n) is 6.06. The number of aliphatic hydroxyl groups is 1. The number of pyridine rings is 1. The summed E-state index contributed by atoms with van der Waals surface area (Å²) in [6.07, 6.45) is 8.33. The van der Waals surface area contributed by atoms with Gasteiger partial charge < -0.3 is 9.84 Å². The maximum Gasteiger partial charge on any atom is 0.0528 e. The summed E-state index contributed by atoms with van der Waals surface area (Å²) in [7, 11) is 0. The minimum atomic E-state index is 0.0385. The summed E-state index contributed by atoms with van der Waals surface area (Å²) < 4.78 is 5.93. The third kappa shape index (κ3) is 3.50. The van der Waals surface area contributed by atoms with Crippen molar-refractivity contribution in [2.75, 3.05) is 19.8 Å². The van der Waals surface area contributed by atoms with Gasteiger partial charge in [0.05, 0.1) is 6.61 Å². The molecule has 1 N–H and O–H groups in total. The van der Waals surface area contributed by atoms with Gasteiger partial charge in [0.1, 0.15) is 0 Å². The Morgan fingerprint density at radius 1 is 1.29 bits per heavy atom. The monoisotopic (exact) mass is 299 g/mol. The summed E-state index contributed by atoms with van der Waals surface area (Å²) >= 11 is 3.37. The second-order valence-corrected chi connectivity index (χ2v) is 5.57. The van der Waals surface area contributed by atoms with Crippen LogP contribution in [0.1, 0.15) is 31.2 Å². The first-order valence-corrected chi connectivity index (χ1v) is 6.86. The van der Waals surface area contributed by atoms with Crippen molar-refractivity contribution in [2.45, 2.75) is 31.1 Å². The number of rotatable bonds is 2. The van der Waals surface area contributed by atoms with Crippen LogP contribution in [0.3, 0.4) is 0 Å². The molecule has 1 saturated heterocycles. The Kier molecular flexibility index (Phi) is 4.54. The smallest absolute Gasteiger partial charge is 0.0528 e. The van der Waals surface area contributed by atoms with Crippen LogP contribution in [0.2, 0.25) is 0 Å². The summed E-state index contributed by atoms with van der Waals surface area (Å²) in [5.74, 6) is 0. The molecule has 17 heavy (non-hydrogen) atoms. The third-order valence-electron chi connectivity index (χ3n) is 3.30. The van der Waals surface area contributed by atoms with Crippen LogP contribution in [0.4, 0.5) is 0 Å². The molecule has 94 valence electrons. The fourth-order valence-electron chi connectivity index (χ4n) is 1.90. The molecule has 1 aliphatic carbocycles. The van der Waals surface area contributed by atoms with Crippen LogP contribution < -0.4 is 0 Å². The van der Waals surface area contributed by atoms with E-state index in [0.29, 0.717) is 0 Å². The third-order valence-corrected chi connectivity index (χ3v) is 3.73. The molecule has 1 aromatic rings. The van der Waals surface area contributed by atoms with Crippen LogP contribution in [0, 0.1) is 0 Å². The highest BCUT2D eigenvalue weighted by Crippen LogP contribution is 2.47. The molecule has 1 aliphatic heterocycles. The molecule has 4 heteroatoms. The van der Waals surface area contributed by atoms with E-state index in [1.807, 2.05) is 12.3 Å². The predicted molar refractivity (Wildman–Crippen MR) is 70.0 cm³/mol. The van der Waals surface area contributed by atoms with Gasteiger partial charge >= 0.3 is 0 Å². The van der Waals surface area contributed by atoms with Crippen LogP contribution in [0.25, 0.3) is 0 Å². The number of aromatic nitrogens is 1. The lowest BCUT2D eigenvalue weighted by molar-refractivity contribution is 0.198. The number of hydrogen-bond acceptors (Lipinski definition) is 3. The summed E-state index contributed by atoms with van der Waals surface area (Å²) in [5, 5.41) is 9.16. The molecule has 0 spiro atoms. The number of aliphatic hydroxyl groups excluding tert-OH is 1. The van der Waals surface area contributed by atoms with E-state index >= 15 is 0 Å².